The van der Waals surface area contributed by atoms with Crippen molar-refractivity contribution in [3.8, 4) is 0 Å². The molecule has 122 valence electrons. The van der Waals surface area contributed by atoms with Crippen molar-refractivity contribution in [2.45, 2.75) is 38.6 Å². The quantitative estimate of drug-likeness (QED) is 0.879. The number of benzene rings is 1. The lowest BCUT2D eigenvalue weighted by atomic mass is 10.1. The molecule has 3 rings (SSSR count). The van der Waals surface area contributed by atoms with E-state index in [4.69, 9.17) is 5.11 Å². The second kappa shape index (κ2) is 5.37. The standard InChI is InChI=1S/C17H20N2O4/c1-10-4-3-5-13(11(10)2)19-9-12(8-14(19)20)15(21)18-17(6-7-17)16(22)23/h3-5,12H,6-9H2,1-2H3,(H,18,21)(H,22,23). The highest BCUT2D eigenvalue weighted by atomic mass is 16.4. The first kappa shape index (κ1) is 15.5. The van der Waals surface area contributed by atoms with Gasteiger partial charge in [-0.15, -0.1) is 0 Å². The Morgan fingerprint density at radius 3 is 2.61 bits per heavy atom. The SMILES string of the molecule is Cc1cccc(N2CC(C(=O)NC3(C(=O)O)CC3)CC2=O)c1C. The van der Waals surface area contributed by atoms with E-state index >= 15 is 0 Å². The van der Waals surface area contributed by atoms with Crippen LogP contribution in [0.15, 0.2) is 18.2 Å². The topological polar surface area (TPSA) is 86.7 Å². The van der Waals surface area contributed by atoms with Crippen molar-refractivity contribution >= 4 is 23.5 Å². The number of carboxylic acid groups (broad SMARTS) is 1. The predicted molar refractivity (Wildman–Crippen MR) is 84.1 cm³/mol. The molecule has 1 aromatic rings. The second-order valence-corrected chi connectivity index (χ2v) is 6.50. The summed E-state index contributed by atoms with van der Waals surface area (Å²) in [4.78, 5) is 37.4. The van der Waals surface area contributed by atoms with E-state index in [2.05, 4.69) is 5.32 Å². The van der Waals surface area contributed by atoms with Crippen LogP contribution in [0.25, 0.3) is 0 Å². The molecule has 0 spiro atoms. The summed E-state index contributed by atoms with van der Waals surface area (Å²) in [5.74, 6) is -1.94. The molecule has 0 bridgehead atoms. The van der Waals surface area contributed by atoms with Gasteiger partial charge < -0.3 is 15.3 Å². The van der Waals surface area contributed by atoms with Crippen LogP contribution < -0.4 is 10.2 Å². The summed E-state index contributed by atoms with van der Waals surface area (Å²) in [6, 6.07) is 5.75. The van der Waals surface area contributed by atoms with Crippen molar-refractivity contribution in [3.05, 3.63) is 29.3 Å². The van der Waals surface area contributed by atoms with E-state index in [0.717, 1.165) is 16.8 Å². The maximum atomic E-state index is 12.3. The summed E-state index contributed by atoms with van der Waals surface area (Å²) in [7, 11) is 0. The number of aryl methyl sites for hydroxylation is 1. The molecule has 1 aromatic carbocycles. The third-order valence-corrected chi connectivity index (χ3v) is 4.88. The molecule has 1 atom stereocenters. The number of carbonyl (C=O) groups is 3. The zero-order valence-electron chi connectivity index (χ0n) is 13.3. The molecule has 1 saturated carbocycles. The highest BCUT2D eigenvalue weighted by molar-refractivity contribution is 6.02. The third-order valence-electron chi connectivity index (χ3n) is 4.88. The first-order valence-electron chi connectivity index (χ1n) is 7.76. The van der Waals surface area contributed by atoms with Gasteiger partial charge in [-0.2, -0.15) is 0 Å². The molecule has 2 fully saturated rings. The molecule has 1 aliphatic heterocycles. The summed E-state index contributed by atoms with van der Waals surface area (Å²) in [5, 5.41) is 11.8. The number of carboxylic acids is 1. The van der Waals surface area contributed by atoms with Crippen molar-refractivity contribution in [1.82, 2.24) is 5.32 Å². The number of rotatable bonds is 4. The summed E-state index contributed by atoms with van der Waals surface area (Å²) < 4.78 is 0. The van der Waals surface area contributed by atoms with Crippen LogP contribution in [0.4, 0.5) is 5.69 Å². The Morgan fingerprint density at radius 2 is 2.00 bits per heavy atom. The van der Waals surface area contributed by atoms with Crippen LogP contribution in [-0.4, -0.2) is 35.0 Å². The number of nitrogens with zero attached hydrogens (tertiary/aromatic N) is 1. The second-order valence-electron chi connectivity index (χ2n) is 6.50. The third kappa shape index (κ3) is 2.69. The molecule has 1 aliphatic carbocycles. The number of amides is 2. The van der Waals surface area contributed by atoms with Crippen molar-refractivity contribution < 1.29 is 19.5 Å². The molecular weight excluding hydrogens is 296 g/mol. The zero-order valence-corrected chi connectivity index (χ0v) is 13.3. The maximum Gasteiger partial charge on any atom is 0.329 e. The average molecular weight is 316 g/mol. The molecule has 2 N–H and O–H groups in total. The van der Waals surface area contributed by atoms with Crippen LogP contribution in [0.3, 0.4) is 0 Å². The Bertz CT molecular complexity index is 694. The van der Waals surface area contributed by atoms with E-state index in [-0.39, 0.29) is 18.2 Å². The van der Waals surface area contributed by atoms with Gasteiger partial charge in [0.05, 0.1) is 5.92 Å². The maximum absolute atomic E-state index is 12.3. The Kier molecular flexibility index (Phi) is 3.62. The van der Waals surface area contributed by atoms with Gasteiger partial charge in [0.25, 0.3) is 0 Å². The van der Waals surface area contributed by atoms with Crippen LogP contribution in [0.5, 0.6) is 0 Å². The van der Waals surface area contributed by atoms with E-state index < -0.39 is 17.4 Å². The molecule has 0 aromatic heterocycles. The minimum absolute atomic E-state index is 0.0981. The monoisotopic (exact) mass is 316 g/mol. The lowest BCUT2D eigenvalue weighted by Gasteiger charge is -2.20. The van der Waals surface area contributed by atoms with E-state index in [1.807, 2.05) is 32.0 Å². The molecule has 6 nitrogen and oxygen atoms in total. The highest BCUT2D eigenvalue weighted by Gasteiger charge is 2.52. The Balaban J connectivity index is 1.74. The summed E-state index contributed by atoms with van der Waals surface area (Å²) in [6.45, 7) is 4.23. The van der Waals surface area contributed by atoms with Crippen LogP contribution >= 0.6 is 0 Å². The Labute approximate surface area is 134 Å². The highest BCUT2D eigenvalue weighted by Crippen LogP contribution is 2.36. The van der Waals surface area contributed by atoms with Crippen molar-refractivity contribution in [3.63, 3.8) is 0 Å². The van der Waals surface area contributed by atoms with Crippen LogP contribution in [-0.2, 0) is 14.4 Å². The van der Waals surface area contributed by atoms with E-state index in [9.17, 15) is 14.4 Å². The van der Waals surface area contributed by atoms with Gasteiger partial charge >= 0.3 is 5.97 Å². The van der Waals surface area contributed by atoms with Crippen LogP contribution in [0, 0.1) is 19.8 Å². The summed E-state index contributed by atoms with van der Waals surface area (Å²) in [6.07, 6.45) is 1.03. The molecule has 2 amide bonds. The van der Waals surface area contributed by atoms with E-state index in [1.165, 1.54) is 0 Å². The van der Waals surface area contributed by atoms with Crippen LogP contribution in [0.1, 0.15) is 30.4 Å². The lowest BCUT2D eigenvalue weighted by Crippen LogP contribution is -2.46. The summed E-state index contributed by atoms with van der Waals surface area (Å²) in [5.41, 5.74) is 1.83. The first-order chi connectivity index (χ1) is 10.8. The number of hydrogen-bond donors (Lipinski definition) is 2. The molecule has 0 radical (unpaired) electrons. The van der Waals surface area contributed by atoms with Gasteiger partial charge in [0.15, 0.2) is 0 Å². The van der Waals surface area contributed by atoms with Gasteiger partial charge in [-0.1, -0.05) is 12.1 Å². The van der Waals surface area contributed by atoms with Gasteiger partial charge in [0, 0.05) is 18.7 Å². The fourth-order valence-electron chi connectivity index (χ4n) is 3.00. The first-order valence-corrected chi connectivity index (χ1v) is 7.76. The number of carbonyl (C=O) groups excluding carboxylic acids is 2. The molecular formula is C17H20N2O4. The van der Waals surface area contributed by atoms with Crippen molar-refractivity contribution in [2.24, 2.45) is 5.92 Å². The number of hydrogen-bond acceptors (Lipinski definition) is 3. The van der Waals surface area contributed by atoms with Gasteiger partial charge in [-0.05, 0) is 43.9 Å². The molecule has 1 heterocycles. The smallest absolute Gasteiger partial charge is 0.329 e. The van der Waals surface area contributed by atoms with Crippen molar-refractivity contribution in [1.29, 1.82) is 0 Å². The largest absolute Gasteiger partial charge is 0.480 e. The molecule has 23 heavy (non-hydrogen) atoms. The fraction of sp³-hybridized carbons (Fsp3) is 0.471. The number of nitrogens with one attached hydrogen (secondary N) is 1. The average Bonchev–Trinajstić information content (AvgIpc) is 3.18. The van der Waals surface area contributed by atoms with Gasteiger partial charge in [0.1, 0.15) is 5.54 Å². The zero-order chi connectivity index (χ0) is 16.8. The molecule has 1 unspecified atom stereocenters. The van der Waals surface area contributed by atoms with E-state index in [1.54, 1.807) is 4.90 Å². The number of aliphatic carboxylic acids is 1. The lowest BCUT2D eigenvalue weighted by molar-refractivity contribution is -0.143. The van der Waals surface area contributed by atoms with Crippen molar-refractivity contribution in [2.75, 3.05) is 11.4 Å². The minimum atomic E-state index is -1.10. The molecule has 1 saturated heterocycles. The van der Waals surface area contributed by atoms with E-state index in [0.29, 0.717) is 19.4 Å². The van der Waals surface area contributed by atoms with Crippen LogP contribution in [0.2, 0.25) is 0 Å². The minimum Gasteiger partial charge on any atom is -0.480 e. The Morgan fingerprint density at radius 1 is 1.30 bits per heavy atom. The van der Waals surface area contributed by atoms with Gasteiger partial charge in [0.2, 0.25) is 11.8 Å². The van der Waals surface area contributed by atoms with Gasteiger partial charge in [-0.25, -0.2) is 4.79 Å². The number of anilines is 1. The Hall–Kier alpha value is -2.37. The molecule has 2 aliphatic rings. The fourth-order valence-corrected chi connectivity index (χ4v) is 3.00. The van der Waals surface area contributed by atoms with Gasteiger partial charge in [-0.3, -0.25) is 9.59 Å². The predicted octanol–water partition coefficient (Wildman–Crippen LogP) is 1.39. The summed E-state index contributed by atoms with van der Waals surface area (Å²) >= 11 is 0. The normalized spacial score (nSPS) is 22.1. The molecule has 6 heteroatoms.